The topological polar surface area (TPSA) is 70.6 Å². The van der Waals surface area contributed by atoms with Gasteiger partial charge >= 0.3 is 0 Å². The summed E-state index contributed by atoms with van der Waals surface area (Å²) in [6.07, 6.45) is 9.44. The van der Waals surface area contributed by atoms with Gasteiger partial charge in [-0.25, -0.2) is 4.68 Å². The summed E-state index contributed by atoms with van der Waals surface area (Å²) >= 11 is 0. The summed E-state index contributed by atoms with van der Waals surface area (Å²) in [5, 5.41) is 24.1. The van der Waals surface area contributed by atoms with Crippen LogP contribution in [-0.2, 0) is 5.41 Å². The van der Waals surface area contributed by atoms with Gasteiger partial charge < -0.3 is 4.90 Å². The smallest absolute Gasteiger partial charge is 0.153 e. The molecule has 2 aromatic heterocycles. The second-order valence-electron chi connectivity index (χ2n) is 8.27. The van der Waals surface area contributed by atoms with Gasteiger partial charge in [-0.2, -0.15) is 15.5 Å². The minimum absolute atomic E-state index is 0.265. The van der Waals surface area contributed by atoms with Crippen LogP contribution in [0, 0.1) is 16.7 Å². The molecule has 1 aliphatic heterocycles. The van der Waals surface area contributed by atoms with Gasteiger partial charge in [-0.05, 0) is 49.1 Å². The standard InChI is InChI=1S/C21H20N6/c22-14-21(13-20(21)5-6-20)16-4-3-15-11-24-27(18(15)9-16)17-10-19(25-23-12-17)26-7-1-2-8-26/h3-4,9-12H,1-2,5-8,13H2. The number of fused-ring (bicyclic) bond motifs is 1. The molecule has 1 saturated heterocycles. The Morgan fingerprint density at radius 3 is 2.67 bits per heavy atom. The van der Waals surface area contributed by atoms with Crippen molar-refractivity contribution in [3.63, 3.8) is 0 Å². The second-order valence-corrected chi connectivity index (χ2v) is 8.27. The van der Waals surface area contributed by atoms with Crippen LogP contribution in [0.1, 0.15) is 37.7 Å². The zero-order chi connectivity index (χ0) is 18.1. The van der Waals surface area contributed by atoms with Gasteiger partial charge in [0.05, 0.1) is 35.1 Å². The third-order valence-corrected chi connectivity index (χ3v) is 6.79. The molecule has 1 unspecified atom stereocenters. The number of anilines is 1. The van der Waals surface area contributed by atoms with Crippen LogP contribution in [0.2, 0.25) is 0 Å². The van der Waals surface area contributed by atoms with Gasteiger partial charge in [0.2, 0.25) is 0 Å². The maximum atomic E-state index is 9.86. The van der Waals surface area contributed by atoms with Crippen molar-refractivity contribution in [1.82, 2.24) is 20.0 Å². The van der Waals surface area contributed by atoms with E-state index in [-0.39, 0.29) is 10.8 Å². The Morgan fingerprint density at radius 2 is 1.93 bits per heavy atom. The summed E-state index contributed by atoms with van der Waals surface area (Å²) in [5.74, 6) is 0.914. The molecule has 1 atom stereocenters. The summed E-state index contributed by atoms with van der Waals surface area (Å²) in [4.78, 5) is 2.28. The number of hydrogen-bond acceptors (Lipinski definition) is 5. The number of aromatic nitrogens is 4. The highest BCUT2D eigenvalue weighted by Gasteiger charge is 2.75. The van der Waals surface area contributed by atoms with Crippen LogP contribution < -0.4 is 4.90 Å². The highest BCUT2D eigenvalue weighted by atomic mass is 15.3. The lowest BCUT2D eigenvalue weighted by Crippen LogP contribution is -2.19. The molecule has 2 saturated carbocycles. The summed E-state index contributed by atoms with van der Waals surface area (Å²) in [6.45, 7) is 2.07. The Bertz CT molecular complexity index is 1100. The molecule has 6 heteroatoms. The first-order valence-electron chi connectivity index (χ1n) is 9.72. The fourth-order valence-corrected chi connectivity index (χ4v) is 4.90. The predicted octanol–water partition coefficient (Wildman–Crippen LogP) is 3.36. The number of rotatable bonds is 3. The Balaban J connectivity index is 1.45. The maximum absolute atomic E-state index is 9.86. The molecular weight excluding hydrogens is 336 g/mol. The molecule has 0 bridgehead atoms. The fourth-order valence-electron chi connectivity index (χ4n) is 4.90. The first-order valence-corrected chi connectivity index (χ1v) is 9.72. The fraction of sp³-hybridized carbons (Fsp3) is 0.429. The van der Waals surface area contributed by atoms with Crippen LogP contribution in [0.5, 0.6) is 0 Å². The Hall–Kier alpha value is -2.94. The first-order chi connectivity index (χ1) is 13.2. The molecule has 0 N–H and O–H groups in total. The van der Waals surface area contributed by atoms with E-state index in [0.717, 1.165) is 47.5 Å². The second kappa shape index (κ2) is 5.07. The molecule has 6 nitrogen and oxygen atoms in total. The molecule has 3 heterocycles. The number of hydrogen-bond donors (Lipinski definition) is 0. The van der Waals surface area contributed by atoms with Gasteiger partial charge in [0.15, 0.2) is 5.82 Å². The molecule has 6 rings (SSSR count). The van der Waals surface area contributed by atoms with Crippen molar-refractivity contribution >= 4 is 16.7 Å². The van der Waals surface area contributed by atoms with E-state index in [2.05, 4.69) is 50.5 Å². The molecule has 1 spiro atoms. The SMILES string of the molecule is N#CC1(c2ccc3cnn(-c4cnnc(N5CCCC5)c4)c3c2)CC12CC2. The summed E-state index contributed by atoms with van der Waals surface area (Å²) in [6, 6.07) is 11.1. The Morgan fingerprint density at radius 1 is 1.07 bits per heavy atom. The lowest BCUT2D eigenvalue weighted by atomic mass is 9.93. The summed E-state index contributed by atoms with van der Waals surface area (Å²) in [7, 11) is 0. The predicted molar refractivity (Wildman–Crippen MR) is 102 cm³/mol. The van der Waals surface area contributed by atoms with E-state index in [9.17, 15) is 5.26 Å². The van der Waals surface area contributed by atoms with Crippen LogP contribution >= 0.6 is 0 Å². The van der Waals surface area contributed by atoms with Crippen LogP contribution in [0.15, 0.2) is 36.7 Å². The van der Waals surface area contributed by atoms with E-state index in [1.165, 1.54) is 25.7 Å². The van der Waals surface area contributed by atoms with Gasteiger partial charge in [0.1, 0.15) is 0 Å². The number of nitrogens with zero attached hydrogens (tertiary/aromatic N) is 6. The highest BCUT2D eigenvalue weighted by molar-refractivity contribution is 5.82. The Kier molecular flexibility index (Phi) is 2.84. The largest absolute Gasteiger partial charge is 0.355 e. The van der Waals surface area contributed by atoms with Crippen molar-refractivity contribution in [2.45, 2.75) is 37.5 Å². The molecule has 27 heavy (non-hydrogen) atoms. The van der Waals surface area contributed by atoms with Crippen molar-refractivity contribution in [3.8, 4) is 11.8 Å². The molecular formula is C21H20N6. The van der Waals surface area contributed by atoms with E-state index < -0.39 is 0 Å². The minimum atomic E-state index is -0.284. The van der Waals surface area contributed by atoms with E-state index in [1.54, 1.807) is 6.20 Å². The molecule has 3 aromatic rings. The third kappa shape index (κ3) is 2.03. The average Bonchev–Trinajstić information content (AvgIpc) is 3.44. The van der Waals surface area contributed by atoms with Gasteiger partial charge in [-0.3, -0.25) is 0 Å². The van der Waals surface area contributed by atoms with Crippen LogP contribution in [0.4, 0.5) is 5.82 Å². The minimum Gasteiger partial charge on any atom is -0.355 e. The molecule has 0 radical (unpaired) electrons. The maximum Gasteiger partial charge on any atom is 0.153 e. The molecule has 3 aliphatic rings. The molecule has 2 aliphatic carbocycles. The van der Waals surface area contributed by atoms with Gasteiger partial charge in [-0.15, -0.1) is 5.10 Å². The summed E-state index contributed by atoms with van der Waals surface area (Å²) < 4.78 is 1.93. The normalized spacial score (nSPS) is 25.1. The van der Waals surface area contributed by atoms with E-state index in [0.29, 0.717) is 0 Å². The van der Waals surface area contributed by atoms with Crippen molar-refractivity contribution in [2.75, 3.05) is 18.0 Å². The van der Waals surface area contributed by atoms with Gasteiger partial charge in [0.25, 0.3) is 0 Å². The van der Waals surface area contributed by atoms with Gasteiger partial charge in [-0.1, -0.05) is 12.1 Å². The van der Waals surface area contributed by atoms with Crippen LogP contribution in [0.25, 0.3) is 16.6 Å². The third-order valence-electron chi connectivity index (χ3n) is 6.79. The van der Waals surface area contributed by atoms with Gasteiger partial charge in [0, 0.05) is 24.5 Å². The van der Waals surface area contributed by atoms with Crippen molar-refractivity contribution in [3.05, 3.63) is 42.2 Å². The molecule has 1 aromatic carbocycles. The molecule has 3 fully saturated rings. The van der Waals surface area contributed by atoms with Crippen molar-refractivity contribution in [1.29, 1.82) is 5.26 Å². The van der Waals surface area contributed by atoms with Crippen molar-refractivity contribution in [2.24, 2.45) is 5.41 Å². The first kappa shape index (κ1) is 15.2. The van der Waals surface area contributed by atoms with E-state index in [4.69, 9.17) is 0 Å². The molecule has 134 valence electrons. The van der Waals surface area contributed by atoms with E-state index >= 15 is 0 Å². The zero-order valence-corrected chi connectivity index (χ0v) is 15.1. The number of nitriles is 1. The van der Waals surface area contributed by atoms with Crippen LogP contribution in [0.3, 0.4) is 0 Å². The Labute approximate surface area is 157 Å². The lowest BCUT2D eigenvalue weighted by molar-refractivity contribution is 0.738. The summed E-state index contributed by atoms with van der Waals surface area (Å²) in [5.41, 5.74) is 3.07. The zero-order valence-electron chi connectivity index (χ0n) is 15.1. The monoisotopic (exact) mass is 356 g/mol. The quantitative estimate of drug-likeness (QED) is 0.720. The number of benzene rings is 1. The van der Waals surface area contributed by atoms with E-state index in [1.807, 2.05) is 10.9 Å². The lowest BCUT2D eigenvalue weighted by Gasteiger charge is -2.16. The van der Waals surface area contributed by atoms with Crippen LogP contribution in [-0.4, -0.2) is 33.1 Å². The average molecular weight is 356 g/mol. The molecule has 0 amide bonds. The highest BCUT2D eigenvalue weighted by Crippen LogP contribution is 2.78. The van der Waals surface area contributed by atoms with Crippen molar-refractivity contribution < 1.29 is 0 Å².